The van der Waals surface area contributed by atoms with Crippen LogP contribution in [0.25, 0.3) is 0 Å². The summed E-state index contributed by atoms with van der Waals surface area (Å²) in [7, 11) is 0. The Bertz CT molecular complexity index is 290. The lowest BCUT2D eigenvalue weighted by Gasteiger charge is -2.43. The number of hydrogen-bond donors (Lipinski definition) is 6. The van der Waals surface area contributed by atoms with Gasteiger partial charge in [-0.15, -0.1) is 0 Å². The highest BCUT2D eigenvalue weighted by atomic mass is 16.8. The van der Waals surface area contributed by atoms with E-state index in [1.165, 1.54) is 0 Å². The van der Waals surface area contributed by atoms with Gasteiger partial charge in [-0.2, -0.15) is 0 Å². The lowest BCUT2D eigenvalue weighted by molar-refractivity contribution is -0.391. The number of carbonyl (C=O) groups excluding carboxylic acids is 1. The number of aliphatic hydroxyl groups excluding tert-OH is 4. The Hall–Kier alpha value is -0.810. The maximum atomic E-state index is 10.2. The topological polar surface area (TPSA) is 163 Å². The molecule has 0 aromatic rings. The first-order chi connectivity index (χ1) is 8.34. The molecule has 0 aromatic carbocycles. The van der Waals surface area contributed by atoms with Crippen molar-refractivity contribution < 1.29 is 39.8 Å². The molecule has 106 valence electrons. The van der Waals surface area contributed by atoms with E-state index in [1.54, 1.807) is 0 Å². The number of ether oxygens (including phenoxy) is 2. The third-order valence-corrected chi connectivity index (χ3v) is 2.76. The third kappa shape index (κ3) is 3.14. The first-order valence-corrected chi connectivity index (χ1v) is 5.27. The number of aliphatic hydroxyl groups is 5. The lowest BCUT2D eigenvalue weighted by atomic mass is 9.92. The molecule has 9 nitrogen and oxygen atoms in total. The Kier molecular flexibility index (Phi) is 4.99. The number of rotatable bonds is 5. The molecule has 0 aliphatic carbocycles. The predicted octanol–water partition coefficient (Wildman–Crippen LogP) is -4.00. The summed E-state index contributed by atoms with van der Waals surface area (Å²) in [6.45, 7) is -0.855. The zero-order valence-corrected chi connectivity index (χ0v) is 9.42. The van der Waals surface area contributed by atoms with E-state index in [9.17, 15) is 25.2 Å². The molecule has 1 aliphatic heterocycles. The molecule has 7 N–H and O–H groups in total. The molecule has 0 radical (unpaired) electrons. The summed E-state index contributed by atoms with van der Waals surface area (Å²) >= 11 is 0. The SMILES string of the molecule is NC1[C@H]([C@H](O)[C@H](O)CO)OC(O)(OC=O)C[C@@H]1O. The molecule has 0 saturated carbocycles. The van der Waals surface area contributed by atoms with Crippen molar-refractivity contribution in [2.45, 2.75) is 42.9 Å². The van der Waals surface area contributed by atoms with Crippen LogP contribution in [-0.2, 0) is 14.3 Å². The van der Waals surface area contributed by atoms with Crippen molar-refractivity contribution in [2.75, 3.05) is 6.61 Å². The summed E-state index contributed by atoms with van der Waals surface area (Å²) in [6, 6.07) is -1.13. The molecule has 6 atom stereocenters. The van der Waals surface area contributed by atoms with Gasteiger partial charge in [-0.25, -0.2) is 0 Å². The van der Waals surface area contributed by atoms with Gasteiger partial charge in [0.15, 0.2) is 0 Å². The molecule has 1 aliphatic rings. The van der Waals surface area contributed by atoms with Crippen molar-refractivity contribution in [1.82, 2.24) is 0 Å². The van der Waals surface area contributed by atoms with Gasteiger partial charge in [0, 0.05) is 0 Å². The fourth-order valence-corrected chi connectivity index (χ4v) is 1.73. The molecule has 1 fully saturated rings. The van der Waals surface area contributed by atoms with E-state index in [4.69, 9.17) is 15.6 Å². The van der Waals surface area contributed by atoms with Gasteiger partial charge < -0.3 is 40.7 Å². The van der Waals surface area contributed by atoms with E-state index in [2.05, 4.69) is 4.74 Å². The molecule has 1 rings (SSSR count). The zero-order valence-electron chi connectivity index (χ0n) is 9.42. The van der Waals surface area contributed by atoms with Gasteiger partial charge in [0.25, 0.3) is 6.47 Å². The summed E-state index contributed by atoms with van der Waals surface area (Å²) in [5.41, 5.74) is 5.55. The first-order valence-electron chi connectivity index (χ1n) is 5.27. The molecule has 9 heteroatoms. The van der Waals surface area contributed by atoms with E-state index in [-0.39, 0.29) is 6.47 Å². The maximum absolute atomic E-state index is 10.2. The van der Waals surface area contributed by atoms with Crippen molar-refractivity contribution in [3.05, 3.63) is 0 Å². The smallest absolute Gasteiger partial charge is 0.329 e. The Morgan fingerprint density at radius 2 is 2.17 bits per heavy atom. The van der Waals surface area contributed by atoms with Crippen LogP contribution in [0.3, 0.4) is 0 Å². The van der Waals surface area contributed by atoms with Crippen LogP contribution in [0.4, 0.5) is 0 Å². The van der Waals surface area contributed by atoms with Gasteiger partial charge in [-0.1, -0.05) is 0 Å². The minimum absolute atomic E-state index is 0.0878. The van der Waals surface area contributed by atoms with Crippen LogP contribution >= 0.6 is 0 Å². The molecular formula is C9H17NO8. The van der Waals surface area contributed by atoms with Crippen LogP contribution < -0.4 is 5.73 Å². The summed E-state index contributed by atoms with van der Waals surface area (Å²) in [5.74, 6) is -2.43. The van der Waals surface area contributed by atoms with Gasteiger partial charge in [0.2, 0.25) is 0 Å². The van der Waals surface area contributed by atoms with E-state index in [0.717, 1.165) is 0 Å². The third-order valence-electron chi connectivity index (χ3n) is 2.76. The Morgan fingerprint density at radius 3 is 2.67 bits per heavy atom. The fraction of sp³-hybridized carbons (Fsp3) is 0.889. The largest absolute Gasteiger partial charge is 0.410 e. The molecular weight excluding hydrogens is 250 g/mol. The number of hydrogen-bond acceptors (Lipinski definition) is 9. The van der Waals surface area contributed by atoms with Crippen LogP contribution in [0, 0.1) is 0 Å². The van der Waals surface area contributed by atoms with Crippen molar-refractivity contribution in [1.29, 1.82) is 0 Å². The van der Waals surface area contributed by atoms with Gasteiger partial charge in [-0.3, -0.25) is 4.79 Å². The second-order valence-electron chi connectivity index (χ2n) is 4.10. The van der Waals surface area contributed by atoms with Crippen molar-refractivity contribution >= 4 is 6.47 Å². The second-order valence-corrected chi connectivity index (χ2v) is 4.10. The van der Waals surface area contributed by atoms with Crippen molar-refractivity contribution in [3.63, 3.8) is 0 Å². The quantitative estimate of drug-likeness (QED) is 0.215. The minimum atomic E-state index is -2.43. The Balaban J connectivity index is 2.84. The zero-order chi connectivity index (χ0) is 13.9. The standard InChI is InChI=1S/C9H17NO8/c10-6-4(13)1-9(16,17-3-12)18-8(6)7(15)5(14)2-11/h3-8,11,13-16H,1-2,10H2/t4-,5+,6?,7+,8+,9?/m0/s1. The van der Waals surface area contributed by atoms with Crippen molar-refractivity contribution in [3.8, 4) is 0 Å². The summed E-state index contributed by atoms with van der Waals surface area (Å²) < 4.78 is 9.14. The second kappa shape index (κ2) is 5.89. The summed E-state index contributed by atoms with van der Waals surface area (Å²) in [6.07, 6.45) is -6.48. The van der Waals surface area contributed by atoms with Crippen LogP contribution in [-0.4, -0.2) is 75.0 Å². The molecule has 0 aromatic heterocycles. The van der Waals surface area contributed by atoms with E-state index < -0.39 is 49.5 Å². The first kappa shape index (κ1) is 15.2. The monoisotopic (exact) mass is 267 g/mol. The minimum Gasteiger partial charge on any atom is -0.410 e. The normalized spacial score (nSPS) is 40.0. The fourth-order valence-electron chi connectivity index (χ4n) is 1.73. The Labute approximate surface area is 102 Å². The highest BCUT2D eigenvalue weighted by molar-refractivity contribution is 5.37. The van der Waals surface area contributed by atoms with Crippen molar-refractivity contribution in [2.24, 2.45) is 5.73 Å². The van der Waals surface area contributed by atoms with E-state index in [1.807, 2.05) is 0 Å². The summed E-state index contributed by atoms with van der Waals surface area (Å²) in [5, 5.41) is 46.9. The molecule has 1 heterocycles. The van der Waals surface area contributed by atoms with Crippen LogP contribution in [0.15, 0.2) is 0 Å². The highest BCUT2D eigenvalue weighted by Gasteiger charge is 2.49. The predicted molar refractivity (Wildman–Crippen MR) is 54.7 cm³/mol. The highest BCUT2D eigenvalue weighted by Crippen LogP contribution is 2.29. The molecule has 0 bridgehead atoms. The van der Waals surface area contributed by atoms with E-state index >= 15 is 0 Å². The van der Waals surface area contributed by atoms with Crippen LogP contribution in [0.2, 0.25) is 0 Å². The van der Waals surface area contributed by atoms with Gasteiger partial charge in [-0.05, 0) is 0 Å². The van der Waals surface area contributed by atoms with Crippen LogP contribution in [0.1, 0.15) is 6.42 Å². The van der Waals surface area contributed by atoms with Crippen LogP contribution in [0.5, 0.6) is 0 Å². The average Bonchev–Trinajstić information content (AvgIpc) is 2.32. The molecule has 1 saturated heterocycles. The number of carbonyl (C=O) groups is 1. The molecule has 0 amide bonds. The average molecular weight is 267 g/mol. The molecule has 0 spiro atoms. The summed E-state index contributed by atoms with van der Waals surface area (Å²) in [4.78, 5) is 10.2. The molecule has 2 unspecified atom stereocenters. The molecule has 18 heavy (non-hydrogen) atoms. The number of nitrogens with two attached hydrogens (primary N) is 1. The van der Waals surface area contributed by atoms with E-state index in [0.29, 0.717) is 0 Å². The van der Waals surface area contributed by atoms with Gasteiger partial charge in [0.1, 0.15) is 18.3 Å². The Morgan fingerprint density at radius 1 is 1.56 bits per heavy atom. The van der Waals surface area contributed by atoms with Gasteiger partial charge in [0.05, 0.1) is 25.2 Å². The lowest BCUT2D eigenvalue weighted by Crippen LogP contribution is -2.64. The maximum Gasteiger partial charge on any atom is 0.329 e. The van der Waals surface area contributed by atoms with Gasteiger partial charge >= 0.3 is 5.97 Å².